The molecule has 4 bridgehead atoms. The molecule has 0 spiro atoms. The lowest BCUT2D eigenvalue weighted by molar-refractivity contribution is -0.00518. The van der Waals surface area contributed by atoms with Crippen molar-refractivity contribution in [3.8, 4) is 11.1 Å². The van der Waals surface area contributed by atoms with E-state index in [2.05, 4.69) is 133 Å². The summed E-state index contributed by atoms with van der Waals surface area (Å²) in [5, 5.41) is 2.70. The average molecular weight is 681 g/mol. The Morgan fingerprint density at radius 3 is 1.92 bits per heavy atom. The molecule has 2 nitrogen and oxygen atoms in total. The van der Waals surface area contributed by atoms with Crippen molar-refractivity contribution in [2.45, 2.75) is 101 Å². The first-order valence-electron chi connectivity index (χ1n) is 20.5. The molecule has 0 N–H and O–H groups in total. The fourth-order valence-electron chi connectivity index (χ4n) is 12.9. The lowest BCUT2D eigenvalue weighted by atomic mass is 9.48. The van der Waals surface area contributed by atoms with Gasteiger partial charge in [-0.05, 0) is 156 Å². The number of benzene rings is 5. The zero-order valence-corrected chi connectivity index (χ0v) is 31.3. The van der Waals surface area contributed by atoms with Crippen molar-refractivity contribution >= 4 is 38.9 Å². The van der Waals surface area contributed by atoms with Crippen molar-refractivity contribution in [1.29, 1.82) is 0 Å². The smallest absolute Gasteiger partial charge is 0.0536 e. The first-order valence-corrected chi connectivity index (χ1v) is 20.5. The molecule has 262 valence electrons. The van der Waals surface area contributed by atoms with Crippen molar-refractivity contribution in [2.75, 3.05) is 4.90 Å². The van der Waals surface area contributed by atoms with Crippen molar-refractivity contribution in [3.63, 3.8) is 0 Å². The monoisotopic (exact) mass is 680 g/mol. The Hall–Kier alpha value is -4.30. The predicted molar refractivity (Wildman–Crippen MR) is 218 cm³/mol. The van der Waals surface area contributed by atoms with E-state index in [0.717, 1.165) is 17.8 Å². The SMILES string of the molecule is Cn1c2ccccc2c2ccc3c(c21)C(C)(C)c1cc(N(c2ccc(C4CCCCC4)cc2)c2ccc(C45CC6CC(CC(C6)C4)C5)cc2)ccc1-3. The van der Waals surface area contributed by atoms with Gasteiger partial charge in [-0.3, -0.25) is 0 Å². The number of para-hydroxylation sites is 1. The molecule has 2 heteroatoms. The van der Waals surface area contributed by atoms with Crippen LogP contribution in [0.3, 0.4) is 0 Å². The van der Waals surface area contributed by atoms with E-state index in [1.54, 1.807) is 5.56 Å². The summed E-state index contributed by atoms with van der Waals surface area (Å²) in [6.45, 7) is 4.89. The van der Waals surface area contributed by atoms with Gasteiger partial charge < -0.3 is 9.47 Å². The minimum absolute atomic E-state index is 0.138. The maximum absolute atomic E-state index is 2.54. The van der Waals surface area contributed by atoms with E-state index in [4.69, 9.17) is 0 Å². The predicted octanol–water partition coefficient (Wildman–Crippen LogP) is 13.6. The number of rotatable bonds is 5. The fourth-order valence-corrected chi connectivity index (χ4v) is 12.9. The molecule has 5 aromatic carbocycles. The summed E-state index contributed by atoms with van der Waals surface area (Å²) >= 11 is 0. The zero-order valence-electron chi connectivity index (χ0n) is 31.3. The highest BCUT2D eigenvalue weighted by Gasteiger charge is 2.51. The van der Waals surface area contributed by atoms with E-state index in [9.17, 15) is 0 Å². The number of hydrogen-bond donors (Lipinski definition) is 0. The van der Waals surface area contributed by atoms with Gasteiger partial charge in [-0.1, -0.05) is 93.8 Å². The summed E-state index contributed by atoms with van der Waals surface area (Å²) in [5.41, 5.74) is 15.5. The quantitative estimate of drug-likeness (QED) is 0.176. The molecule has 0 amide bonds. The van der Waals surface area contributed by atoms with E-state index >= 15 is 0 Å². The minimum atomic E-state index is -0.138. The maximum atomic E-state index is 2.54. The second kappa shape index (κ2) is 11.3. The van der Waals surface area contributed by atoms with Crippen LogP contribution in [0.2, 0.25) is 0 Å². The molecule has 6 aliphatic rings. The largest absolute Gasteiger partial charge is 0.343 e. The highest BCUT2D eigenvalue weighted by Crippen LogP contribution is 2.61. The van der Waals surface area contributed by atoms with Gasteiger partial charge >= 0.3 is 0 Å². The topological polar surface area (TPSA) is 8.17 Å². The Labute approximate surface area is 309 Å². The lowest BCUT2D eigenvalue weighted by Crippen LogP contribution is -2.48. The van der Waals surface area contributed by atoms with Crippen LogP contribution in [0.15, 0.2) is 103 Å². The van der Waals surface area contributed by atoms with E-state index < -0.39 is 0 Å². The summed E-state index contributed by atoms with van der Waals surface area (Å²) in [6, 6.07) is 40.6. The first kappa shape index (κ1) is 31.2. The lowest BCUT2D eigenvalue weighted by Gasteiger charge is -2.57. The molecule has 12 rings (SSSR count). The third kappa shape index (κ3) is 4.55. The van der Waals surface area contributed by atoms with Gasteiger partial charge in [-0.2, -0.15) is 0 Å². The van der Waals surface area contributed by atoms with Gasteiger partial charge in [0.1, 0.15) is 0 Å². The normalized spacial score (nSPS) is 25.9. The molecular formula is C50H52N2. The van der Waals surface area contributed by atoms with Crippen LogP contribution in [0.4, 0.5) is 17.1 Å². The summed E-state index contributed by atoms with van der Waals surface area (Å²) in [6.07, 6.45) is 15.5. The highest BCUT2D eigenvalue weighted by molar-refractivity contribution is 6.12. The van der Waals surface area contributed by atoms with Crippen LogP contribution in [0.5, 0.6) is 0 Å². The van der Waals surface area contributed by atoms with Crippen molar-refractivity contribution in [3.05, 3.63) is 125 Å². The molecular weight excluding hydrogens is 629 g/mol. The van der Waals surface area contributed by atoms with E-state index in [1.807, 2.05) is 0 Å². The summed E-state index contributed by atoms with van der Waals surface area (Å²) in [4.78, 5) is 2.54. The van der Waals surface area contributed by atoms with E-state index in [-0.39, 0.29) is 5.41 Å². The molecule has 0 radical (unpaired) electrons. The van der Waals surface area contributed by atoms with Gasteiger partial charge in [0.25, 0.3) is 0 Å². The molecule has 5 saturated carbocycles. The van der Waals surface area contributed by atoms with Crippen LogP contribution in [-0.2, 0) is 17.9 Å². The third-order valence-electron chi connectivity index (χ3n) is 14.9. The molecule has 52 heavy (non-hydrogen) atoms. The van der Waals surface area contributed by atoms with Crippen LogP contribution in [0.25, 0.3) is 32.9 Å². The molecule has 0 atom stereocenters. The van der Waals surface area contributed by atoms with Crippen LogP contribution in [0, 0.1) is 17.8 Å². The number of aryl methyl sites for hydroxylation is 1. The molecule has 0 aliphatic heterocycles. The maximum Gasteiger partial charge on any atom is 0.0536 e. The molecule has 5 fully saturated rings. The summed E-state index contributed by atoms with van der Waals surface area (Å²) in [7, 11) is 2.25. The fraction of sp³-hybridized carbons (Fsp3) is 0.400. The van der Waals surface area contributed by atoms with Crippen LogP contribution in [0.1, 0.15) is 113 Å². The Bertz CT molecular complexity index is 2310. The van der Waals surface area contributed by atoms with Gasteiger partial charge in [-0.25, -0.2) is 0 Å². The molecule has 1 heterocycles. The molecule has 1 aromatic heterocycles. The number of hydrogen-bond acceptors (Lipinski definition) is 1. The van der Waals surface area contributed by atoms with E-state index in [0.29, 0.717) is 11.3 Å². The second-order valence-corrected chi connectivity index (χ2v) is 18.3. The van der Waals surface area contributed by atoms with Gasteiger partial charge in [0.15, 0.2) is 0 Å². The van der Waals surface area contributed by atoms with Crippen LogP contribution >= 0.6 is 0 Å². The third-order valence-corrected chi connectivity index (χ3v) is 14.9. The molecule has 6 aromatic rings. The molecule has 6 aliphatic carbocycles. The number of nitrogens with zero attached hydrogens (tertiary/aromatic N) is 2. The average Bonchev–Trinajstić information content (AvgIpc) is 3.58. The number of aromatic nitrogens is 1. The Morgan fingerprint density at radius 2 is 1.23 bits per heavy atom. The van der Waals surface area contributed by atoms with Gasteiger partial charge in [0.05, 0.1) is 5.52 Å². The standard InChI is InChI=1S/C50H52N2/c1-49(2)45-28-40(21-22-41(45)43-23-24-44-42-11-7-8-12-46(42)51(3)48(44)47(43)49)52(38-17-13-36(14-18-38)35-9-5-4-6-10-35)39-19-15-37(16-20-39)50-29-32-25-33(30-50)27-34(26-32)31-50/h7-8,11-24,28,32-35H,4-6,9-10,25-27,29-31H2,1-3H3. The van der Waals surface area contributed by atoms with Gasteiger partial charge in [-0.15, -0.1) is 0 Å². The van der Waals surface area contributed by atoms with Crippen molar-refractivity contribution in [2.24, 2.45) is 24.8 Å². The first-order chi connectivity index (χ1) is 25.4. The Balaban J connectivity index is 1.02. The number of fused-ring (bicyclic) bond motifs is 7. The zero-order chi connectivity index (χ0) is 34.8. The van der Waals surface area contributed by atoms with Crippen LogP contribution in [-0.4, -0.2) is 4.57 Å². The highest BCUT2D eigenvalue weighted by atomic mass is 15.1. The van der Waals surface area contributed by atoms with Gasteiger partial charge in [0.2, 0.25) is 0 Å². The summed E-state index contributed by atoms with van der Waals surface area (Å²) < 4.78 is 2.43. The molecule has 0 unspecified atom stereocenters. The van der Waals surface area contributed by atoms with Crippen LogP contribution < -0.4 is 4.90 Å². The Kier molecular flexibility index (Phi) is 6.82. The van der Waals surface area contributed by atoms with E-state index in [1.165, 1.54) is 137 Å². The molecule has 0 saturated heterocycles. The summed E-state index contributed by atoms with van der Waals surface area (Å²) in [5.74, 6) is 3.58. The van der Waals surface area contributed by atoms with Gasteiger partial charge in [0, 0.05) is 45.8 Å². The minimum Gasteiger partial charge on any atom is -0.343 e. The number of anilines is 3. The van der Waals surface area contributed by atoms with Crippen molar-refractivity contribution in [1.82, 2.24) is 4.57 Å². The second-order valence-electron chi connectivity index (χ2n) is 18.3. The Morgan fingerprint density at radius 1 is 0.615 bits per heavy atom. The van der Waals surface area contributed by atoms with Crippen molar-refractivity contribution < 1.29 is 0 Å².